The molecule has 1 aromatic heterocycles. The van der Waals surface area contributed by atoms with Crippen molar-refractivity contribution in [2.45, 2.75) is 35.0 Å². The van der Waals surface area contributed by atoms with Crippen molar-refractivity contribution in [2.24, 2.45) is 0 Å². The molecule has 0 saturated heterocycles. The first-order chi connectivity index (χ1) is 11.0. The molecule has 1 aromatic rings. The summed E-state index contributed by atoms with van der Waals surface area (Å²) in [7, 11) is 1.60. The molecule has 0 aliphatic heterocycles. The highest BCUT2D eigenvalue weighted by atomic mass is 32.2. The third-order valence-electron chi connectivity index (χ3n) is 2.44. The molecule has 0 aliphatic carbocycles. The van der Waals surface area contributed by atoms with E-state index in [9.17, 15) is 9.59 Å². The summed E-state index contributed by atoms with van der Waals surface area (Å²) in [5, 5.41) is 13.7. The summed E-state index contributed by atoms with van der Waals surface area (Å²) in [4.78, 5) is 23.2. The molecule has 1 rings (SSSR count). The highest BCUT2D eigenvalue weighted by Crippen LogP contribution is 2.28. The van der Waals surface area contributed by atoms with Crippen LogP contribution in [0.15, 0.2) is 8.68 Å². The Bertz CT molecular complexity index is 499. The predicted molar refractivity (Wildman–Crippen MR) is 94.1 cm³/mol. The fourth-order valence-electron chi connectivity index (χ4n) is 1.49. The average molecular weight is 379 g/mol. The van der Waals surface area contributed by atoms with Gasteiger partial charge in [-0.05, 0) is 13.3 Å². The number of hydrogen-bond acceptors (Lipinski definition) is 8. The van der Waals surface area contributed by atoms with E-state index in [4.69, 9.17) is 4.74 Å². The quantitative estimate of drug-likeness (QED) is 0.562. The van der Waals surface area contributed by atoms with E-state index in [0.717, 1.165) is 15.1 Å². The first-order valence-corrected chi connectivity index (χ1v) is 9.98. The summed E-state index contributed by atoms with van der Waals surface area (Å²) >= 11 is 4.08. The Kier molecular flexibility index (Phi) is 10.2. The largest absolute Gasteiger partial charge is 0.383 e. The molecule has 7 nitrogen and oxygen atoms in total. The molecular weight excluding hydrogens is 356 g/mol. The van der Waals surface area contributed by atoms with Crippen LogP contribution in [0.25, 0.3) is 0 Å². The van der Waals surface area contributed by atoms with Crippen molar-refractivity contribution in [1.82, 2.24) is 20.8 Å². The lowest BCUT2D eigenvalue weighted by Crippen LogP contribution is -2.36. The number of carbonyl (C=O) groups is 2. The summed E-state index contributed by atoms with van der Waals surface area (Å²) in [5.41, 5.74) is 0. The summed E-state index contributed by atoms with van der Waals surface area (Å²) in [5.74, 6) is 0.536. The van der Waals surface area contributed by atoms with Gasteiger partial charge in [0.25, 0.3) is 0 Å². The summed E-state index contributed by atoms with van der Waals surface area (Å²) in [6.07, 6.45) is 0.918. The van der Waals surface area contributed by atoms with Crippen molar-refractivity contribution in [3.05, 3.63) is 0 Å². The standard InChI is InChI=1S/C13H22N4O3S3/c1-4-5-14-10(18)7-21-12-16-17-13(23-12)22-8-11(19)15-9(2)6-20-3/h9H,4-8H2,1-3H3,(H,14,18)(H,15,19). The van der Waals surface area contributed by atoms with Crippen molar-refractivity contribution >= 4 is 46.7 Å². The highest BCUT2D eigenvalue weighted by Gasteiger charge is 2.11. The van der Waals surface area contributed by atoms with Gasteiger partial charge in [0.05, 0.1) is 18.1 Å². The van der Waals surface area contributed by atoms with Crippen LogP contribution in [-0.2, 0) is 14.3 Å². The molecule has 1 atom stereocenters. The van der Waals surface area contributed by atoms with Crippen LogP contribution in [0.1, 0.15) is 20.3 Å². The second-order valence-corrected chi connectivity index (χ2v) is 8.11. The van der Waals surface area contributed by atoms with Crippen LogP contribution in [0.4, 0.5) is 0 Å². The number of amides is 2. The van der Waals surface area contributed by atoms with E-state index in [1.807, 2.05) is 13.8 Å². The van der Waals surface area contributed by atoms with Crippen molar-refractivity contribution in [1.29, 1.82) is 0 Å². The Morgan fingerprint density at radius 1 is 1.22 bits per heavy atom. The molecule has 130 valence electrons. The summed E-state index contributed by atoms with van der Waals surface area (Å²) in [6, 6.07) is -0.0183. The van der Waals surface area contributed by atoms with Crippen LogP contribution < -0.4 is 10.6 Å². The van der Waals surface area contributed by atoms with Gasteiger partial charge in [0.1, 0.15) is 0 Å². The van der Waals surface area contributed by atoms with Crippen LogP contribution in [0.2, 0.25) is 0 Å². The maximum atomic E-state index is 11.7. The fraction of sp³-hybridized carbons (Fsp3) is 0.692. The Morgan fingerprint density at radius 2 is 1.83 bits per heavy atom. The molecule has 1 unspecified atom stereocenters. The van der Waals surface area contributed by atoms with Crippen molar-refractivity contribution in [3.8, 4) is 0 Å². The van der Waals surface area contributed by atoms with Crippen LogP contribution in [-0.4, -0.2) is 59.8 Å². The minimum Gasteiger partial charge on any atom is -0.383 e. The molecule has 0 aliphatic rings. The fourth-order valence-corrected chi connectivity index (χ4v) is 4.15. The van der Waals surface area contributed by atoms with Crippen LogP contribution in [0.3, 0.4) is 0 Å². The van der Waals surface area contributed by atoms with Gasteiger partial charge in [0.15, 0.2) is 8.68 Å². The zero-order chi connectivity index (χ0) is 17.1. The monoisotopic (exact) mass is 378 g/mol. The Balaban J connectivity index is 2.28. The van der Waals surface area contributed by atoms with Crippen molar-refractivity contribution < 1.29 is 14.3 Å². The lowest BCUT2D eigenvalue weighted by molar-refractivity contribution is -0.120. The Hall–Kier alpha value is -0.840. The second-order valence-electron chi connectivity index (χ2n) is 4.69. The highest BCUT2D eigenvalue weighted by molar-refractivity contribution is 8.03. The second kappa shape index (κ2) is 11.7. The van der Waals surface area contributed by atoms with Gasteiger partial charge in [-0.2, -0.15) is 0 Å². The van der Waals surface area contributed by atoms with Crippen LogP contribution >= 0.6 is 34.9 Å². The molecule has 10 heteroatoms. The smallest absolute Gasteiger partial charge is 0.230 e. The van der Waals surface area contributed by atoms with Gasteiger partial charge in [-0.1, -0.05) is 41.8 Å². The van der Waals surface area contributed by atoms with Gasteiger partial charge in [-0.15, -0.1) is 10.2 Å². The zero-order valence-corrected chi connectivity index (χ0v) is 15.9. The van der Waals surface area contributed by atoms with Crippen LogP contribution in [0.5, 0.6) is 0 Å². The number of methoxy groups -OCH3 is 1. The number of thioether (sulfide) groups is 2. The molecule has 1 heterocycles. The number of carbonyl (C=O) groups excluding carboxylic acids is 2. The first-order valence-electron chi connectivity index (χ1n) is 7.19. The molecule has 0 spiro atoms. The molecule has 0 aromatic carbocycles. The zero-order valence-electron chi connectivity index (χ0n) is 13.5. The van der Waals surface area contributed by atoms with Gasteiger partial charge in [-0.3, -0.25) is 9.59 Å². The normalized spacial score (nSPS) is 12.0. The van der Waals surface area contributed by atoms with E-state index in [1.54, 1.807) is 7.11 Å². The maximum absolute atomic E-state index is 11.7. The van der Waals surface area contributed by atoms with Crippen molar-refractivity contribution in [2.75, 3.05) is 31.8 Å². The molecule has 0 saturated carbocycles. The van der Waals surface area contributed by atoms with Gasteiger partial charge in [-0.25, -0.2) is 0 Å². The molecule has 23 heavy (non-hydrogen) atoms. The maximum Gasteiger partial charge on any atom is 0.230 e. The first kappa shape index (κ1) is 20.2. The lowest BCUT2D eigenvalue weighted by atomic mass is 10.3. The number of rotatable bonds is 11. The average Bonchev–Trinajstić information content (AvgIpc) is 2.97. The molecular formula is C13H22N4O3S3. The predicted octanol–water partition coefficient (Wildman–Crippen LogP) is 1.40. The van der Waals surface area contributed by atoms with E-state index >= 15 is 0 Å². The van der Waals surface area contributed by atoms with E-state index in [2.05, 4.69) is 20.8 Å². The molecule has 2 amide bonds. The van der Waals surface area contributed by atoms with E-state index in [-0.39, 0.29) is 23.6 Å². The number of hydrogen-bond donors (Lipinski definition) is 2. The van der Waals surface area contributed by atoms with E-state index in [0.29, 0.717) is 18.9 Å². The van der Waals surface area contributed by atoms with E-state index < -0.39 is 0 Å². The summed E-state index contributed by atoms with van der Waals surface area (Å²) in [6.45, 7) is 5.06. The molecule has 0 fully saturated rings. The Labute approximate surface area is 148 Å². The number of aromatic nitrogens is 2. The number of ether oxygens (including phenoxy) is 1. The van der Waals surface area contributed by atoms with Gasteiger partial charge < -0.3 is 15.4 Å². The molecule has 0 bridgehead atoms. The lowest BCUT2D eigenvalue weighted by Gasteiger charge is -2.11. The number of nitrogens with zero attached hydrogens (tertiary/aromatic N) is 2. The summed E-state index contributed by atoms with van der Waals surface area (Å²) < 4.78 is 6.41. The van der Waals surface area contributed by atoms with Crippen molar-refractivity contribution in [3.63, 3.8) is 0 Å². The van der Waals surface area contributed by atoms with Gasteiger partial charge in [0, 0.05) is 19.7 Å². The third kappa shape index (κ3) is 9.14. The van der Waals surface area contributed by atoms with E-state index in [1.165, 1.54) is 34.9 Å². The topological polar surface area (TPSA) is 93.2 Å². The van der Waals surface area contributed by atoms with Crippen LogP contribution in [0, 0.1) is 0 Å². The Morgan fingerprint density at radius 3 is 2.39 bits per heavy atom. The minimum absolute atomic E-state index is 0.00670. The molecule has 0 radical (unpaired) electrons. The molecule has 2 N–H and O–H groups in total. The van der Waals surface area contributed by atoms with Gasteiger partial charge in [0.2, 0.25) is 11.8 Å². The minimum atomic E-state index is -0.0668. The third-order valence-corrected chi connectivity index (χ3v) is 5.63. The number of nitrogens with one attached hydrogen (secondary N) is 2. The van der Waals surface area contributed by atoms with Gasteiger partial charge >= 0.3 is 0 Å². The SMILES string of the molecule is CCCNC(=O)CSc1nnc(SCC(=O)NC(C)COC)s1.